The van der Waals surface area contributed by atoms with Gasteiger partial charge in [-0.15, -0.1) is 0 Å². The van der Waals surface area contributed by atoms with Crippen molar-refractivity contribution >= 4 is 45.5 Å². The molecule has 168 valence electrons. The summed E-state index contributed by atoms with van der Waals surface area (Å²) in [4.78, 5) is 37.2. The Morgan fingerprint density at radius 3 is 2.45 bits per heavy atom. The van der Waals surface area contributed by atoms with Crippen LogP contribution >= 0.6 is 15.9 Å². The van der Waals surface area contributed by atoms with Crippen molar-refractivity contribution in [3.63, 3.8) is 0 Å². The first kappa shape index (κ1) is 22.2. The van der Waals surface area contributed by atoms with E-state index >= 15 is 0 Å². The summed E-state index contributed by atoms with van der Waals surface area (Å²) < 4.78 is 21.0. The van der Waals surface area contributed by atoms with E-state index in [1.54, 1.807) is 36.4 Å². The summed E-state index contributed by atoms with van der Waals surface area (Å²) in [5, 5.41) is 5.26. The van der Waals surface area contributed by atoms with E-state index in [-0.39, 0.29) is 18.3 Å². The number of benzene rings is 2. The molecule has 0 radical (unpaired) electrons. The van der Waals surface area contributed by atoms with Gasteiger partial charge in [0.15, 0.2) is 21.9 Å². The lowest BCUT2D eigenvalue weighted by molar-refractivity contribution is -0.113. The van der Waals surface area contributed by atoms with Crippen LogP contribution in [0.3, 0.4) is 0 Å². The molecule has 2 aromatic carbocycles. The Bertz CT molecular complexity index is 1250. The van der Waals surface area contributed by atoms with E-state index < -0.39 is 17.8 Å². The zero-order valence-electron chi connectivity index (χ0n) is 17.2. The minimum Gasteiger partial charge on any atom is -0.465 e. The monoisotopic (exact) mass is 512 g/mol. The minimum absolute atomic E-state index is 0.0219. The van der Waals surface area contributed by atoms with Crippen LogP contribution in [0, 0.1) is 0 Å². The molecular weight excluding hydrogens is 496 g/mol. The number of carbonyl (C=O) groups is 3. The summed E-state index contributed by atoms with van der Waals surface area (Å²) >= 11 is 3.14. The maximum atomic E-state index is 13.0. The van der Waals surface area contributed by atoms with Crippen molar-refractivity contribution in [2.75, 3.05) is 19.2 Å². The summed E-state index contributed by atoms with van der Waals surface area (Å²) in [5.74, 6) is -0.542. The summed E-state index contributed by atoms with van der Waals surface area (Å²) in [5.41, 5.74) is 1.32. The van der Waals surface area contributed by atoms with Gasteiger partial charge < -0.3 is 29.3 Å². The van der Waals surface area contributed by atoms with Gasteiger partial charge in [0.05, 0.1) is 12.7 Å². The molecular formula is C23H17BrN2O7. The summed E-state index contributed by atoms with van der Waals surface area (Å²) in [6.07, 6.45) is 1.50. The number of anilines is 1. The predicted octanol–water partition coefficient (Wildman–Crippen LogP) is 3.97. The molecule has 3 aromatic rings. The number of furan rings is 1. The predicted molar refractivity (Wildman–Crippen MR) is 121 cm³/mol. The maximum Gasteiger partial charge on any atom is 0.337 e. The van der Waals surface area contributed by atoms with Crippen molar-refractivity contribution in [1.82, 2.24) is 5.32 Å². The zero-order valence-corrected chi connectivity index (χ0v) is 18.8. The average Bonchev–Trinajstić information content (AvgIpc) is 3.47. The number of carbonyl (C=O) groups excluding carboxylic acids is 3. The molecule has 0 unspecified atom stereocenters. The summed E-state index contributed by atoms with van der Waals surface area (Å²) in [7, 11) is 1.28. The number of esters is 1. The van der Waals surface area contributed by atoms with Gasteiger partial charge in [0, 0.05) is 5.69 Å². The first-order chi connectivity index (χ1) is 15.9. The normalized spacial score (nSPS) is 12.2. The minimum atomic E-state index is -0.608. The van der Waals surface area contributed by atoms with Gasteiger partial charge in [0.1, 0.15) is 5.70 Å². The number of methoxy groups -OCH3 is 1. The molecule has 33 heavy (non-hydrogen) atoms. The fraction of sp³-hybridized carbons (Fsp3) is 0.0870. The van der Waals surface area contributed by atoms with E-state index in [0.29, 0.717) is 33.0 Å². The summed E-state index contributed by atoms with van der Waals surface area (Å²) in [6.45, 7) is 0.113. The van der Waals surface area contributed by atoms with Gasteiger partial charge in [-0.25, -0.2) is 4.79 Å². The quantitative estimate of drug-likeness (QED) is 0.379. The molecule has 2 N–H and O–H groups in total. The van der Waals surface area contributed by atoms with Crippen molar-refractivity contribution in [2.45, 2.75) is 0 Å². The number of rotatable bonds is 6. The molecule has 1 aromatic heterocycles. The molecule has 10 heteroatoms. The van der Waals surface area contributed by atoms with Crippen LogP contribution in [-0.4, -0.2) is 31.7 Å². The highest BCUT2D eigenvalue weighted by atomic mass is 79.9. The van der Waals surface area contributed by atoms with Crippen molar-refractivity contribution in [1.29, 1.82) is 0 Å². The summed E-state index contributed by atoms with van der Waals surface area (Å²) in [6, 6.07) is 14.3. The maximum absolute atomic E-state index is 13.0. The Hall–Kier alpha value is -4.05. The van der Waals surface area contributed by atoms with Gasteiger partial charge in [0.25, 0.3) is 11.8 Å². The third kappa shape index (κ3) is 5.24. The Balaban J connectivity index is 1.59. The van der Waals surface area contributed by atoms with Crippen LogP contribution in [0.5, 0.6) is 11.5 Å². The SMILES string of the molecule is COC(=O)c1ccc(NC(=O)C(=Cc2ccc3c(c2)OCO3)NC(=O)c2ccc(Br)o2)cc1. The number of nitrogens with one attached hydrogen (secondary N) is 2. The topological polar surface area (TPSA) is 116 Å². The molecule has 1 aliphatic rings. The van der Waals surface area contributed by atoms with E-state index in [1.807, 2.05) is 0 Å². The number of hydrogen-bond donors (Lipinski definition) is 2. The van der Waals surface area contributed by atoms with Crippen LogP contribution < -0.4 is 20.1 Å². The second-order valence-electron chi connectivity index (χ2n) is 6.75. The van der Waals surface area contributed by atoms with E-state index in [2.05, 4.69) is 31.3 Å². The van der Waals surface area contributed by atoms with Gasteiger partial charge in [-0.2, -0.15) is 0 Å². The first-order valence-corrected chi connectivity index (χ1v) is 10.4. The molecule has 9 nitrogen and oxygen atoms in total. The fourth-order valence-corrected chi connectivity index (χ4v) is 3.26. The van der Waals surface area contributed by atoms with Crippen molar-refractivity contribution < 1.29 is 33.0 Å². The molecule has 2 amide bonds. The molecule has 4 rings (SSSR count). The zero-order chi connectivity index (χ0) is 23.4. The molecule has 0 spiro atoms. The molecule has 0 saturated carbocycles. The van der Waals surface area contributed by atoms with Crippen LogP contribution in [-0.2, 0) is 9.53 Å². The van der Waals surface area contributed by atoms with Gasteiger partial charge in [-0.3, -0.25) is 9.59 Å². The second kappa shape index (κ2) is 9.61. The third-order valence-electron chi connectivity index (χ3n) is 4.56. The smallest absolute Gasteiger partial charge is 0.337 e. The lowest BCUT2D eigenvalue weighted by Crippen LogP contribution is -2.30. The molecule has 0 bridgehead atoms. The van der Waals surface area contributed by atoms with Crippen LogP contribution in [0.4, 0.5) is 5.69 Å². The highest BCUT2D eigenvalue weighted by molar-refractivity contribution is 9.10. The van der Waals surface area contributed by atoms with Gasteiger partial charge in [-0.1, -0.05) is 6.07 Å². The van der Waals surface area contributed by atoms with Gasteiger partial charge in [0.2, 0.25) is 6.79 Å². The number of fused-ring (bicyclic) bond motifs is 1. The Morgan fingerprint density at radius 1 is 1.00 bits per heavy atom. The van der Waals surface area contributed by atoms with Crippen LogP contribution in [0.2, 0.25) is 0 Å². The molecule has 1 aliphatic heterocycles. The average molecular weight is 513 g/mol. The first-order valence-electron chi connectivity index (χ1n) is 9.61. The lowest BCUT2D eigenvalue weighted by Gasteiger charge is -2.11. The highest BCUT2D eigenvalue weighted by Crippen LogP contribution is 2.33. The Kier molecular flexibility index (Phi) is 6.45. The second-order valence-corrected chi connectivity index (χ2v) is 7.53. The van der Waals surface area contributed by atoms with Crippen LogP contribution in [0.1, 0.15) is 26.5 Å². The van der Waals surface area contributed by atoms with Crippen molar-refractivity contribution in [3.8, 4) is 11.5 Å². The molecule has 2 heterocycles. The molecule has 0 saturated heterocycles. The number of amides is 2. The van der Waals surface area contributed by atoms with E-state index in [1.165, 1.54) is 31.4 Å². The lowest BCUT2D eigenvalue weighted by atomic mass is 10.1. The molecule has 0 fully saturated rings. The number of hydrogen-bond acceptors (Lipinski definition) is 7. The fourth-order valence-electron chi connectivity index (χ4n) is 2.95. The van der Waals surface area contributed by atoms with Crippen LogP contribution in [0.25, 0.3) is 6.08 Å². The number of halogens is 1. The van der Waals surface area contributed by atoms with Gasteiger partial charge in [-0.05, 0) is 76.1 Å². The van der Waals surface area contributed by atoms with E-state index in [9.17, 15) is 14.4 Å². The largest absolute Gasteiger partial charge is 0.465 e. The van der Waals surface area contributed by atoms with Crippen molar-refractivity contribution in [3.05, 3.63) is 81.9 Å². The Morgan fingerprint density at radius 2 is 1.76 bits per heavy atom. The number of ether oxygens (including phenoxy) is 3. The van der Waals surface area contributed by atoms with Gasteiger partial charge >= 0.3 is 5.97 Å². The third-order valence-corrected chi connectivity index (χ3v) is 4.99. The van der Waals surface area contributed by atoms with Crippen LogP contribution in [0.15, 0.2) is 69.4 Å². The molecule has 0 aliphatic carbocycles. The molecule has 0 atom stereocenters. The highest BCUT2D eigenvalue weighted by Gasteiger charge is 2.19. The van der Waals surface area contributed by atoms with E-state index in [0.717, 1.165) is 0 Å². The Labute approximate surface area is 196 Å². The standard InChI is InChI=1S/C23H17BrN2O7/c1-30-23(29)14-3-5-15(6-4-14)25-21(27)16(26-22(28)18-8-9-20(24)33-18)10-13-2-7-17-19(11-13)32-12-31-17/h2-11H,12H2,1H3,(H,25,27)(H,26,28). The van der Waals surface area contributed by atoms with E-state index in [4.69, 9.17) is 13.9 Å². The van der Waals surface area contributed by atoms with Crippen molar-refractivity contribution in [2.24, 2.45) is 0 Å².